The molecule has 0 aliphatic carbocycles. The molecule has 0 saturated heterocycles. The van der Waals surface area contributed by atoms with Gasteiger partial charge in [0.15, 0.2) is 0 Å². The van der Waals surface area contributed by atoms with E-state index in [1.807, 2.05) is 82.3 Å². The molecule has 0 fully saturated rings. The predicted molar refractivity (Wildman–Crippen MR) is 186 cm³/mol. The van der Waals surface area contributed by atoms with E-state index < -0.39 is 28.5 Å². The first-order chi connectivity index (χ1) is 21.9. The minimum atomic E-state index is -4.27. The van der Waals surface area contributed by atoms with Crippen LogP contribution < -0.4 is 9.62 Å². The molecule has 0 heterocycles. The third-order valence-corrected chi connectivity index (χ3v) is 10.1. The Morgan fingerprint density at radius 3 is 2.07 bits per heavy atom. The maximum Gasteiger partial charge on any atom is 0.264 e. The molecule has 2 amide bonds. The van der Waals surface area contributed by atoms with Crippen LogP contribution in [0, 0.1) is 13.8 Å². The fraction of sp³-hybridized carbons (Fsp3) is 0.278. The molecule has 0 saturated carbocycles. The van der Waals surface area contributed by atoms with Crippen LogP contribution in [0.2, 0.25) is 10.0 Å². The highest BCUT2D eigenvalue weighted by Crippen LogP contribution is 2.30. The maximum atomic E-state index is 14.6. The van der Waals surface area contributed by atoms with Gasteiger partial charge >= 0.3 is 0 Å². The Morgan fingerprint density at radius 1 is 0.848 bits per heavy atom. The molecule has 1 N–H and O–H groups in total. The van der Waals surface area contributed by atoms with Crippen molar-refractivity contribution in [2.75, 3.05) is 10.8 Å². The SMILES string of the molecule is CC[C@@H](C)NC(=O)[C@H](Cc1ccccc1)N(Cc1ccccc1C)C(=O)CN(c1cc(Cl)cc(Cl)c1)S(=O)(=O)c1ccc(C)cc1. The number of hydrogen-bond acceptors (Lipinski definition) is 4. The second-order valence-electron chi connectivity index (χ2n) is 11.4. The van der Waals surface area contributed by atoms with Crippen molar-refractivity contribution in [1.29, 1.82) is 0 Å². The number of nitrogens with one attached hydrogen (secondary N) is 1. The van der Waals surface area contributed by atoms with Crippen LogP contribution in [0.5, 0.6) is 0 Å². The Balaban J connectivity index is 1.84. The Labute approximate surface area is 282 Å². The number of aryl methyl sites for hydroxylation is 2. The Kier molecular flexibility index (Phi) is 11.9. The molecule has 4 aromatic rings. The molecule has 2 atom stereocenters. The van der Waals surface area contributed by atoms with Crippen molar-refractivity contribution < 1.29 is 18.0 Å². The Morgan fingerprint density at radius 2 is 1.46 bits per heavy atom. The molecular weight excluding hydrogens is 641 g/mol. The average molecular weight is 681 g/mol. The van der Waals surface area contributed by atoms with Gasteiger partial charge in [0.1, 0.15) is 12.6 Å². The number of nitrogens with zero attached hydrogens (tertiary/aromatic N) is 2. The lowest BCUT2D eigenvalue weighted by Gasteiger charge is -2.34. The molecule has 7 nitrogen and oxygen atoms in total. The summed E-state index contributed by atoms with van der Waals surface area (Å²) in [5.41, 5.74) is 3.65. The van der Waals surface area contributed by atoms with Crippen molar-refractivity contribution in [3.63, 3.8) is 0 Å². The number of hydrogen-bond donors (Lipinski definition) is 1. The van der Waals surface area contributed by atoms with Gasteiger partial charge in [0, 0.05) is 29.1 Å². The van der Waals surface area contributed by atoms with Crippen molar-refractivity contribution in [2.45, 2.75) is 64.1 Å². The highest BCUT2D eigenvalue weighted by Gasteiger charge is 2.35. The third-order valence-electron chi connectivity index (χ3n) is 7.90. The Bertz CT molecular complexity index is 1750. The molecule has 0 aromatic heterocycles. The molecule has 4 rings (SSSR count). The predicted octanol–water partition coefficient (Wildman–Crippen LogP) is 7.36. The van der Waals surface area contributed by atoms with Gasteiger partial charge in [0.25, 0.3) is 10.0 Å². The summed E-state index contributed by atoms with van der Waals surface area (Å²) in [6, 6.07) is 26.8. The van der Waals surface area contributed by atoms with E-state index in [4.69, 9.17) is 23.2 Å². The molecular formula is C36H39Cl2N3O4S. The molecule has 0 aliphatic heterocycles. The van der Waals surface area contributed by atoms with Crippen molar-refractivity contribution in [1.82, 2.24) is 10.2 Å². The van der Waals surface area contributed by atoms with Gasteiger partial charge in [0.05, 0.1) is 10.6 Å². The number of halogens is 2. The minimum Gasteiger partial charge on any atom is -0.352 e. The number of benzene rings is 4. The van der Waals surface area contributed by atoms with Gasteiger partial charge in [-0.15, -0.1) is 0 Å². The van der Waals surface area contributed by atoms with E-state index in [0.29, 0.717) is 6.42 Å². The number of rotatable bonds is 13. The third kappa shape index (κ3) is 8.90. The molecule has 4 aromatic carbocycles. The van der Waals surface area contributed by atoms with Gasteiger partial charge in [-0.25, -0.2) is 8.42 Å². The number of anilines is 1. The average Bonchev–Trinajstić information content (AvgIpc) is 3.02. The first kappa shape index (κ1) is 35.0. The number of amides is 2. The largest absolute Gasteiger partial charge is 0.352 e. The van der Waals surface area contributed by atoms with Crippen LogP contribution in [0.3, 0.4) is 0 Å². The summed E-state index contributed by atoms with van der Waals surface area (Å²) in [6.45, 7) is 7.16. The first-order valence-electron chi connectivity index (χ1n) is 15.1. The minimum absolute atomic E-state index is 0.00259. The zero-order chi connectivity index (χ0) is 33.4. The first-order valence-corrected chi connectivity index (χ1v) is 17.3. The standard InChI is InChI=1S/C36H39Cl2N3O4S/c1-5-27(4)39-36(43)34(19-28-12-7-6-8-13-28)40(23-29-14-10-9-11-26(29)3)35(42)24-41(32-21-30(37)20-31(38)22-32)46(44,45)33-17-15-25(2)16-18-33/h6-18,20-22,27,34H,5,19,23-24H2,1-4H3,(H,39,43)/t27-,34+/m1/s1. The topological polar surface area (TPSA) is 86.8 Å². The summed E-state index contributed by atoms with van der Waals surface area (Å²) in [5, 5.41) is 3.47. The Hall–Kier alpha value is -3.85. The molecule has 10 heteroatoms. The molecule has 46 heavy (non-hydrogen) atoms. The fourth-order valence-electron chi connectivity index (χ4n) is 5.02. The van der Waals surface area contributed by atoms with Crippen LogP contribution >= 0.6 is 23.2 Å². The van der Waals surface area contributed by atoms with Crippen molar-refractivity contribution in [2.24, 2.45) is 0 Å². The van der Waals surface area contributed by atoms with Crippen molar-refractivity contribution in [3.05, 3.63) is 129 Å². The molecule has 0 aliphatic rings. The summed E-state index contributed by atoms with van der Waals surface area (Å²) >= 11 is 12.7. The van der Waals surface area contributed by atoms with Gasteiger partial charge in [-0.1, -0.05) is 102 Å². The van der Waals surface area contributed by atoms with Crippen LogP contribution in [0.1, 0.15) is 42.5 Å². The van der Waals surface area contributed by atoms with Gasteiger partial charge in [-0.05, 0) is 74.2 Å². The monoisotopic (exact) mass is 679 g/mol. The zero-order valence-electron chi connectivity index (χ0n) is 26.4. The molecule has 0 bridgehead atoms. The lowest BCUT2D eigenvalue weighted by atomic mass is 10.0. The van der Waals surface area contributed by atoms with Crippen molar-refractivity contribution >= 4 is 50.7 Å². The second kappa shape index (κ2) is 15.6. The quantitative estimate of drug-likeness (QED) is 0.160. The van der Waals surface area contributed by atoms with Crippen LogP contribution in [-0.2, 0) is 32.6 Å². The summed E-state index contributed by atoms with van der Waals surface area (Å²) in [7, 11) is -4.27. The van der Waals surface area contributed by atoms with Crippen LogP contribution in [0.15, 0.2) is 102 Å². The lowest BCUT2D eigenvalue weighted by molar-refractivity contribution is -0.140. The van der Waals surface area contributed by atoms with Gasteiger partial charge in [0.2, 0.25) is 11.8 Å². The van der Waals surface area contributed by atoms with E-state index in [-0.39, 0.29) is 45.5 Å². The van der Waals surface area contributed by atoms with E-state index >= 15 is 0 Å². The molecule has 0 unspecified atom stereocenters. The van der Waals surface area contributed by atoms with Crippen LogP contribution in [0.4, 0.5) is 5.69 Å². The van der Waals surface area contributed by atoms with Crippen molar-refractivity contribution in [3.8, 4) is 0 Å². The summed E-state index contributed by atoms with van der Waals surface area (Å²) in [6.07, 6.45) is 0.933. The normalized spacial score (nSPS) is 12.7. The molecule has 0 radical (unpaired) electrons. The van der Waals surface area contributed by atoms with E-state index in [0.717, 1.165) is 26.6 Å². The summed E-state index contributed by atoms with van der Waals surface area (Å²) in [5.74, 6) is -0.880. The molecule has 0 spiro atoms. The smallest absolute Gasteiger partial charge is 0.264 e. The van der Waals surface area contributed by atoms with E-state index in [2.05, 4.69) is 5.32 Å². The van der Waals surface area contributed by atoms with Gasteiger partial charge in [-0.2, -0.15) is 0 Å². The lowest BCUT2D eigenvalue weighted by Crippen LogP contribution is -2.54. The van der Waals surface area contributed by atoms with Crippen LogP contribution in [0.25, 0.3) is 0 Å². The van der Waals surface area contributed by atoms with Crippen LogP contribution in [-0.4, -0.2) is 43.8 Å². The number of carbonyl (C=O) groups is 2. The summed E-state index contributed by atoms with van der Waals surface area (Å²) < 4.78 is 29.4. The number of carbonyl (C=O) groups excluding carboxylic acids is 2. The second-order valence-corrected chi connectivity index (χ2v) is 14.2. The van der Waals surface area contributed by atoms with Gasteiger partial charge in [-0.3, -0.25) is 13.9 Å². The van der Waals surface area contributed by atoms with Gasteiger partial charge < -0.3 is 10.2 Å². The zero-order valence-corrected chi connectivity index (χ0v) is 28.7. The number of sulfonamides is 1. The highest BCUT2D eigenvalue weighted by molar-refractivity contribution is 7.92. The molecule has 242 valence electrons. The fourth-order valence-corrected chi connectivity index (χ4v) is 6.93. The van der Waals surface area contributed by atoms with E-state index in [1.165, 1.54) is 35.2 Å². The van der Waals surface area contributed by atoms with E-state index in [9.17, 15) is 18.0 Å². The summed E-state index contributed by atoms with van der Waals surface area (Å²) in [4.78, 5) is 30.1. The maximum absolute atomic E-state index is 14.6. The highest BCUT2D eigenvalue weighted by atomic mass is 35.5. The van der Waals surface area contributed by atoms with E-state index in [1.54, 1.807) is 12.1 Å².